The second-order valence-electron chi connectivity index (χ2n) is 6.62. The lowest BCUT2D eigenvalue weighted by Crippen LogP contribution is -2.04. The SMILES string of the molecule is Nc1nc(-c2ccccc2)c(-c2cc(Cl)c3[nH]ncc3c2)nc1C1CC1. The van der Waals surface area contributed by atoms with Crippen molar-refractivity contribution in [3.05, 3.63) is 59.4 Å². The summed E-state index contributed by atoms with van der Waals surface area (Å²) in [4.78, 5) is 9.66. The summed E-state index contributed by atoms with van der Waals surface area (Å²) >= 11 is 6.45. The molecule has 2 aromatic carbocycles. The largest absolute Gasteiger partial charge is 0.382 e. The van der Waals surface area contributed by atoms with Crippen molar-refractivity contribution < 1.29 is 0 Å². The van der Waals surface area contributed by atoms with Gasteiger partial charge in [0.25, 0.3) is 0 Å². The van der Waals surface area contributed by atoms with Crippen LogP contribution in [0.15, 0.2) is 48.7 Å². The van der Waals surface area contributed by atoms with Crippen LogP contribution in [0.5, 0.6) is 0 Å². The van der Waals surface area contributed by atoms with Gasteiger partial charge < -0.3 is 5.73 Å². The van der Waals surface area contributed by atoms with Gasteiger partial charge in [-0.15, -0.1) is 0 Å². The monoisotopic (exact) mass is 361 g/mol. The Labute approximate surface area is 155 Å². The van der Waals surface area contributed by atoms with Crippen molar-refractivity contribution in [1.29, 1.82) is 0 Å². The van der Waals surface area contributed by atoms with Crippen LogP contribution in [0.4, 0.5) is 5.82 Å². The lowest BCUT2D eigenvalue weighted by Gasteiger charge is -2.13. The molecule has 4 aromatic rings. The number of nitrogens with one attached hydrogen (secondary N) is 1. The van der Waals surface area contributed by atoms with E-state index in [2.05, 4.69) is 10.2 Å². The number of aromatic nitrogens is 4. The molecule has 6 heteroatoms. The Balaban J connectivity index is 1.78. The summed E-state index contributed by atoms with van der Waals surface area (Å²) in [6, 6.07) is 13.9. The zero-order chi connectivity index (χ0) is 17.7. The molecule has 0 spiro atoms. The summed E-state index contributed by atoms with van der Waals surface area (Å²) < 4.78 is 0. The molecule has 3 N–H and O–H groups in total. The summed E-state index contributed by atoms with van der Waals surface area (Å²) in [5, 5.41) is 8.56. The number of hydrogen-bond donors (Lipinski definition) is 2. The van der Waals surface area contributed by atoms with Crippen LogP contribution in [0.25, 0.3) is 33.4 Å². The van der Waals surface area contributed by atoms with E-state index < -0.39 is 0 Å². The Morgan fingerprint density at radius 3 is 2.54 bits per heavy atom. The maximum atomic E-state index is 6.45. The Hall–Kier alpha value is -2.92. The first-order valence-corrected chi connectivity index (χ1v) is 8.94. The van der Waals surface area contributed by atoms with Gasteiger partial charge in [-0.1, -0.05) is 41.9 Å². The fourth-order valence-electron chi connectivity index (χ4n) is 3.27. The molecule has 5 nitrogen and oxygen atoms in total. The predicted octanol–water partition coefficient (Wildman–Crippen LogP) is 4.80. The van der Waals surface area contributed by atoms with Gasteiger partial charge in [0.15, 0.2) is 0 Å². The van der Waals surface area contributed by atoms with E-state index in [1.165, 1.54) is 0 Å². The van der Waals surface area contributed by atoms with Gasteiger partial charge in [0.05, 0.1) is 33.8 Å². The number of aromatic amines is 1. The number of anilines is 1. The maximum Gasteiger partial charge on any atom is 0.146 e. The van der Waals surface area contributed by atoms with Crippen molar-refractivity contribution in [2.75, 3.05) is 5.73 Å². The highest BCUT2D eigenvalue weighted by Gasteiger charge is 2.29. The minimum Gasteiger partial charge on any atom is -0.382 e. The first-order valence-electron chi connectivity index (χ1n) is 8.56. The quantitative estimate of drug-likeness (QED) is 0.549. The van der Waals surface area contributed by atoms with Crippen molar-refractivity contribution in [3.63, 3.8) is 0 Å². The summed E-state index contributed by atoms with van der Waals surface area (Å²) in [5.74, 6) is 0.935. The summed E-state index contributed by atoms with van der Waals surface area (Å²) in [6.45, 7) is 0. The highest BCUT2D eigenvalue weighted by Crippen LogP contribution is 2.43. The van der Waals surface area contributed by atoms with Gasteiger partial charge in [-0.3, -0.25) is 5.10 Å². The minimum atomic E-state index is 0.416. The molecule has 1 aliphatic rings. The first-order chi connectivity index (χ1) is 12.7. The van der Waals surface area contributed by atoms with Crippen LogP contribution >= 0.6 is 11.6 Å². The highest BCUT2D eigenvalue weighted by molar-refractivity contribution is 6.35. The van der Waals surface area contributed by atoms with Crippen LogP contribution in [-0.4, -0.2) is 20.2 Å². The van der Waals surface area contributed by atoms with E-state index in [1.54, 1.807) is 6.20 Å². The molecule has 26 heavy (non-hydrogen) atoms. The van der Waals surface area contributed by atoms with Crippen LogP contribution < -0.4 is 5.73 Å². The molecule has 1 saturated carbocycles. The smallest absolute Gasteiger partial charge is 0.146 e. The third kappa shape index (κ3) is 2.52. The van der Waals surface area contributed by atoms with Crippen LogP contribution in [0.2, 0.25) is 5.02 Å². The molecule has 0 saturated heterocycles. The molecular formula is C20H16ClN5. The fraction of sp³-hybridized carbons (Fsp3) is 0.150. The lowest BCUT2D eigenvalue weighted by molar-refractivity contribution is 1.00. The zero-order valence-electron chi connectivity index (χ0n) is 13.9. The number of rotatable bonds is 3. The van der Waals surface area contributed by atoms with Gasteiger partial charge in [-0.05, 0) is 25.0 Å². The lowest BCUT2D eigenvalue weighted by atomic mass is 10.0. The third-order valence-electron chi connectivity index (χ3n) is 4.74. The molecular weight excluding hydrogens is 346 g/mol. The molecule has 1 aliphatic carbocycles. The van der Waals surface area contributed by atoms with E-state index in [0.29, 0.717) is 16.8 Å². The van der Waals surface area contributed by atoms with Gasteiger partial charge in [0.2, 0.25) is 0 Å². The Kier molecular flexibility index (Phi) is 3.43. The molecule has 2 heterocycles. The summed E-state index contributed by atoms with van der Waals surface area (Å²) in [5.41, 5.74) is 11.4. The number of hydrogen-bond acceptors (Lipinski definition) is 4. The standard InChI is InChI=1S/C20H16ClN5/c21-15-9-13(8-14-10-23-26-16(14)15)18-17(11-4-2-1-3-5-11)25-20(22)19(24-18)12-6-7-12/h1-5,8-10,12H,6-7H2,(H2,22,25)(H,23,26). The van der Waals surface area contributed by atoms with Crippen LogP contribution in [-0.2, 0) is 0 Å². The number of fused-ring (bicyclic) bond motifs is 1. The van der Waals surface area contributed by atoms with Gasteiger partial charge >= 0.3 is 0 Å². The Morgan fingerprint density at radius 1 is 1.00 bits per heavy atom. The molecule has 5 rings (SSSR count). The number of benzene rings is 2. The van der Waals surface area contributed by atoms with E-state index in [1.807, 2.05) is 42.5 Å². The zero-order valence-corrected chi connectivity index (χ0v) is 14.7. The van der Waals surface area contributed by atoms with E-state index in [0.717, 1.165) is 52.0 Å². The fourth-order valence-corrected chi connectivity index (χ4v) is 3.54. The second-order valence-corrected chi connectivity index (χ2v) is 7.03. The molecule has 0 unspecified atom stereocenters. The van der Waals surface area contributed by atoms with Crippen LogP contribution in [0, 0.1) is 0 Å². The van der Waals surface area contributed by atoms with Gasteiger partial charge in [0, 0.05) is 22.4 Å². The average molecular weight is 362 g/mol. The molecule has 0 radical (unpaired) electrons. The Bertz CT molecular complexity index is 1120. The molecule has 128 valence electrons. The second kappa shape index (κ2) is 5.81. The highest BCUT2D eigenvalue weighted by atomic mass is 35.5. The maximum absolute atomic E-state index is 6.45. The van der Waals surface area contributed by atoms with E-state index in [9.17, 15) is 0 Å². The number of nitrogen functional groups attached to an aromatic ring is 1. The molecule has 0 bridgehead atoms. The molecule has 0 atom stereocenters. The normalized spacial score (nSPS) is 14.0. The van der Waals surface area contributed by atoms with Crippen molar-refractivity contribution in [1.82, 2.24) is 20.2 Å². The number of halogens is 1. The van der Waals surface area contributed by atoms with Gasteiger partial charge in [-0.2, -0.15) is 5.10 Å². The van der Waals surface area contributed by atoms with Crippen molar-refractivity contribution >= 4 is 28.3 Å². The summed E-state index contributed by atoms with van der Waals surface area (Å²) in [6.07, 6.45) is 3.99. The Morgan fingerprint density at radius 2 is 1.77 bits per heavy atom. The van der Waals surface area contributed by atoms with E-state index in [4.69, 9.17) is 27.3 Å². The average Bonchev–Trinajstić information content (AvgIpc) is 3.38. The van der Waals surface area contributed by atoms with Crippen LogP contribution in [0.1, 0.15) is 24.5 Å². The van der Waals surface area contributed by atoms with Crippen molar-refractivity contribution in [3.8, 4) is 22.5 Å². The number of nitrogens with zero attached hydrogens (tertiary/aromatic N) is 3. The third-order valence-corrected chi connectivity index (χ3v) is 5.03. The minimum absolute atomic E-state index is 0.416. The molecule has 0 aliphatic heterocycles. The van der Waals surface area contributed by atoms with Gasteiger partial charge in [0.1, 0.15) is 5.82 Å². The molecule has 0 amide bonds. The molecule has 1 fully saturated rings. The predicted molar refractivity (Wildman–Crippen MR) is 104 cm³/mol. The van der Waals surface area contributed by atoms with Crippen molar-refractivity contribution in [2.45, 2.75) is 18.8 Å². The first kappa shape index (κ1) is 15.3. The van der Waals surface area contributed by atoms with E-state index >= 15 is 0 Å². The van der Waals surface area contributed by atoms with Crippen LogP contribution in [0.3, 0.4) is 0 Å². The van der Waals surface area contributed by atoms with E-state index in [-0.39, 0.29) is 0 Å². The number of H-pyrrole nitrogens is 1. The molecule has 2 aromatic heterocycles. The number of nitrogens with two attached hydrogens (primary N) is 1. The topological polar surface area (TPSA) is 80.5 Å². The van der Waals surface area contributed by atoms with Crippen molar-refractivity contribution in [2.24, 2.45) is 0 Å². The van der Waals surface area contributed by atoms with Gasteiger partial charge in [-0.25, -0.2) is 9.97 Å². The summed E-state index contributed by atoms with van der Waals surface area (Å²) in [7, 11) is 0.